The molecule has 0 spiro atoms. The SMILES string of the molecule is Cc1cc(C)n(C(=O)c2cn(CC(O)c3cccc(F)c3)nn2)n1. The van der Waals surface area contributed by atoms with E-state index in [4.69, 9.17) is 0 Å². The molecule has 2 heterocycles. The first-order valence-corrected chi connectivity index (χ1v) is 7.35. The average Bonchev–Trinajstić information content (AvgIpc) is 3.13. The largest absolute Gasteiger partial charge is 0.386 e. The van der Waals surface area contributed by atoms with Crippen molar-refractivity contribution >= 4 is 5.91 Å². The Bertz CT molecular complexity index is 886. The quantitative estimate of drug-likeness (QED) is 0.786. The van der Waals surface area contributed by atoms with Crippen molar-refractivity contribution in [1.82, 2.24) is 24.8 Å². The molecule has 0 saturated carbocycles. The van der Waals surface area contributed by atoms with Crippen molar-refractivity contribution in [2.75, 3.05) is 0 Å². The molecule has 3 rings (SSSR count). The summed E-state index contributed by atoms with van der Waals surface area (Å²) in [6, 6.07) is 7.48. The highest BCUT2D eigenvalue weighted by molar-refractivity contribution is 5.93. The Morgan fingerprint density at radius 3 is 2.79 bits per heavy atom. The maximum Gasteiger partial charge on any atom is 0.300 e. The number of hydrogen-bond acceptors (Lipinski definition) is 5. The number of carbonyl (C=O) groups is 1. The van der Waals surface area contributed by atoms with Crippen molar-refractivity contribution in [2.45, 2.75) is 26.5 Å². The summed E-state index contributed by atoms with van der Waals surface area (Å²) in [5, 5.41) is 21.9. The Hall–Kier alpha value is -2.87. The maximum absolute atomic E-state index is 13.2. The van der Waals surface area contributed by atoms with Gasteiger partial charge in [0.25, 0.3) is 0 Å². The van der Waals surface area contributed by atoms with Crippen LogP contribution in [0.4, 0.5) is 4.39 Å². The highest BCUT2D eigenvalue weighted by Crippen LogP contribution is 2.16. The lowest BCUT2D eigenvalue weighted by atomic mass is 10.1. The third-order valence-corrected chi connectivity index (χ3v) is 3.55. The van der Waals surface area contributed by atoms with Crippen LogP contribution in [0.3, 0.4) is 0 Å². The van der Waals surface area contributed by atoms with Crippen molar-refractivity contribution in [3.63, 3.8) is 0 Å². The highest BCUT2D eigenvalue weighted by atomic mass is 19.1. The first-order valence-electron chi connectivity index (χ1n) is 7.35. The molecule has 0 aliphatic carbocycles. The molecule has 0 aliphatic heterocycles. The fourth-order valence-electron chi connectivity index (χ4n) is 2.43. The zero-order valence-electron chi connectivity index (χ0n) is 13.2. The number of hydrogen-bond donors (Lipinski definition) is 1. The Morgan fingerprint density at radius 1 is 1.33 bits per heavy atom. The van der Waals surface area contributed by atoms with Crippen molar-refractivity contribution in [2.24, 2.45) is 0 Å². The van der Waals surface area contributed by atoms with E-state index in [0.29, 0.717) is 11.3 Å². The second-order valence-electron chi connectivity index (χ2n) is 5.54. The summed E-state index contributed by atoms with van der Waals surface area (Å²) < 4.78 is 15.8. The topological polar surface area (TPSA) is 85.8 Å². The second-order valence-corrected chi connectivity index (χ2v) is 5.54. The minimum Gasteiger partial charge on any atom is -0.386 e. The maximum atomic E-state index is 13.2. The lowest BCUT2D eigenvalue weighted by Gasteiger charge is -2.10. The van der Waals surface area contributed by atoms with E-state index >= 15 is 0 Å². The summed E-state index contributed by atoms with van der Waals surface area (Å²) in [5.41, 5.74) is 1.98. The van der Waals surface area contributed by atoms with E-state index in [1.165, 1.54) is 33.8 Å². The molecule has 3 aromatic rings. The van der Waals surface area contributed by atoms with Crippen LogP contribution in [0.5, 0.6) is 0 Å². The first kappa shape index (κ1) is 16.0. The minimum absolute atomic E-state index is 0.0564. The summed E-state index contributed by atoms with van der Waals surface area (Å²) in [5.74, 6) is -0.822. The van der Waals surface area contributed by atoms with Crippen molar-refractivity contribution < 1.29 is 14.3 Å². The molecular weight excluding hydrogens is 313 g/mol. The van der Waals surface area contributed by atoms with Crippen molar-refractivity contribution in [3.05, 3.63) is 65.0 Å². The van der Waals surface area contributed by atoms with Crippen LogP contribution in [-0.2, 0) is 6.54 Å². The number of carbonyl (C=O) groups excluding carboxylic acids is 1. The van der Waals surface area contributed by atoms with Crippen LogP contribution < -0.4 is 0 Å². The van der Waals surface area contributed by atoms with Crippen LogP contribution in [0.2, 0.25) is 0 Å². The molecule has 7 nitrogen and oxygen atoms in total. The van der Waals surface area contributed by atoms with Crippen LogP contribution in [-0.4, -0.2) is 35.8 Å². The molecule has 0 aliphatic rings. The molecule has 0 saturated heterocycles. The molecule has 0 bridgehead atoms. The zero-order chi connectivity index (χ0) is 17.3. The van der Waals surface area contributed by atoms with E-state index in [2.05, 4.69) is 15.4 Å². The predicted octanol–water partition coefficient (Wildman–Crippen LogP) is 1.65. The summed E-state index contributed by atoms with van der Waals surface area (Å²) in [7, 11) is 0. The normalized spacial score (nSPS) is 12.3. The summed E-state index contributed by atoms with van der Waals surface area (Å²) in [4.78, 5) is 12.4. The van der Waals surface area contributed by atoms with Gasteiger partial charge < -0.3 is 5.11 Å². The van der Waals surface area contributed by atoms with Gasteiger partial charge >= 0.3 is 5.91 Å². The van der Waals surface area contributed by atoms with Gasteiger partial charge in [-0.1, -0.05) is 17.3 Å². The molecular formula is C16H16FN5O2. The Labute approximate surface area is 137 Å². The van der Waals surface area contributed by atoms with Gasteiger partial charge in [0, 0.05) is 5.69 Å². The number of aliphatic hydroxyl groups is 1. The van der Waals surface area contributed by atoms with E-state index in [1.54, 1.807) is 26.0 Å². The fraction of sp³-hybridized carbons (Fsp3) is 0.250. The Balaban J connectivity index is 1.76. The molecule has 8 heteroatoms. The molecule has 124 valence electrons. The Morgan fingerprint density at radius 2 is 2.12 bits per heavy atom. The van der Waals surface area contributed by atoms with Crippen LogP contribution >= 0.6 is 0 Å². The van der Waals surface area contributed by atoms with Gasteiger partial charge in [-0.25, -0.2) is 9.07 Å². The lowest BCUT2D eigenvalue weighted by molar-refractivity contribution is 0.0937. The number of aliphatic hydroxyl groups excluding tert-OH is 1. The fourth-order valence-corrected chi connectivity index (χ4v) is 2.43. The molecule has 2 aromatic heterocycles. The average molecular weight is 329 g/mol. The van der Waals surface area contributed by atoms with Gasteiger partial charge in [0.05, 0.1) is 24.5 Å². The Kier molecular flexibility index (Phi) is 4.22. The van der Waals surface area contributed by atoms with Crippen LogP contribution in [0.1, 0.15) is 33.5 Å². The summed E-state index contributed by atoms with van der Waals surface area (Å²) in [6.07, 6.45) is 0.473. The number of rotatable bonds is 4. The van der Waals surface area contributed by atoms with Crippen molar-refractivity contribution in [3.8, 4) is 0 Å². The van der Waals surface area contributed by atoms with Gasteiger partial charge in [-0.2, -0.15) is 9.78 Å². The number of nitrogens with zero attached hydrogens (tertiary/aromatic N) is 5. The lowest BCUT2D eigenvalue weighted by Crippen LogP contribution is -2.15. The van der Waals surface area contributed by atoms with Crippen molar-refractivity contribution in [1.29, 1.82) is 0 Å². The monoisotopic (exact) mass is 329 g/mol. The van der Waals surface area contributed by atoms with Crippen LogP contribution in [0.25, 0.3) is 0 Å². The van der Waals surface area contributed by atoms with Gasteiger partial charge in [-0.05, 0) is 37.6 Å². The summed E-state index contributed by atoms with van der Waals surface area (Å²) in [6.45, 7) is 3.62. The standard InChI is InChI=1S/C16H16FN5O2/c1-10-6-11(2)22(19-10)16(24)14-8-21(20-18-14)9-15(23)12-4-3-5-13(17)7-12/h3-8,15,23H,9H2,1-2H3. The highest BCUT2D eigenvalue weighted by Gasteiger charge is 2.18. The zero-order valence-corrected chi connectivity index (χ0v) is 13.2. The van der Waals surface area contributed by atoms with Crippen LogP contribution in [0.15, 0.2) is 36.5 Å². The molecule has 0 radical (unpaired) electrons. The van der Waals surface area contributed by atoms with Gasteiger partial charge in [0.2, 0.25) is 0 Å². The van der Waals surface area contributed by atoms with E-state index < -0.39 is 17.8 Å². The molecule has 1 N–H and O–H groups in total. The number of halogens is 1. The third kappa shape index (κ3) is 3.23. The first-order chi connectivity index (χ1) is 11.4. The number of aryl methyl sites for hydroxylation is 2. The van der Waals surface area contributed by atoms with Gasteiger partial charge in [-0.3, -0.25) is 4.79 Å². The van der Waals surface area contributed by atoms with E-state index in [-0.39, 0.29) is 12.2 Å². The van der Waals surface area contributed by atoms with Gasteiger partial charge in [0.1, 0.15) is 5.82 Å². The molecule has 0 amide bonds. The third-order valence-electron chi connectivity index (χ3n) is 3.55. The van der Waals surface area contributed by atoms with E-state index in [9.17, 15) is 14.3 Å². The smallest absolute Gasteiger partial charge is 0.300 e. The number of aromatic nitrogens is 5. The molecule has 1 atom stereocenters. The molecule has 24 heavy (non-hydrogen) atoms. The predicted molar refractivity (Wildman–Crippen MR) is 82.8 cm³/mol. The van der Waals surface area contributed by atoms with E-state index in [1.807, 2.05) is 0 Å². The minimum atomic E-state index is -0.959. The van der Waals surface area contributed by atoms with E-state index in [0.717, 1.165) is 5.69 Å². The summed E-state index contributed by atoms with van der Waals surface area (Å²) >= 11 is 0. The molecule has 1 unspecified atom stereocenters. The van der Waals surface area contributed by atoms with Gasteiger partial charge in [-0.15, -0.1) is 5.10 Å². The van der Waals surface area contributed by atoms with Gasteiger partial charge in [0.15, 0.2) is 5.69 Å². The second kappa shape index (κ2) is 6.32. The number of benzene rings is 1. The molecule has 0 fully saturated rings. The van der Waals surface area contributed by atoms with Crippen LogP contribution in [0, 0.1) is 19.7 Å². The molecule has 1 aromatic carbocycles.